The van der Waals surface area contributed by atoms with Gasteiger partial charge in [-0.3, -0.25) is 9.79 Å². The summed E-state index contributed by atoms with van der Waals surface area (Å²) in [5.74, 6) is -0.212. The first-order valence-electron chi connectivity index (χ1n) is 3.24. The molecule has 0 rings (SSSR count). The van der Waals surface area contributed by atoms with E-state index in [0.29, 0.717) is 11.3 Å². The van der Waals surface area contributed by atoms with E-state index in [2.05, 4.69) is 10.3 Å². The number of hydrogen-bond acceptors (Lipinski definition) is 3. The SMILES string of the molecule is CN=CC(C(=O)NC)=C(C)N. The minimum atomic E-state index is -0.212. The first-order valence-corrected chi connectivity index (χ1v) is 3.24. The van der Waals surface area contributed by atoms with Crippen LogP contribution in [0.1, 0.15) is 6.92 Å². The maximum absolute atomic E-state index is 11.0. The van der Waals surface area contributed by atoms with E-state index in [1.807, 2.05) is 0 Å². The molecule has 0 aromatic carbocycles. The van der Waals surface area contributed by atoms with Crippen LogP contribution in [0.15, 0.2) is 16.3 Å². The van der Waals surface area contributed by atoms with Crippen molar-refractivity contribution in [3.05, 3.63) is 11.3 Å². The van der Waals surface area contributed by atoms with Crippen molar-refractivity contribution in [2.45, 2.75) is 6.92 Å². The number of nitrogens with zero attached hydrogens (tertiary/aromatic N) is 1. The lowest BCUT2D eigenvalue weighted by Gasteiger charge is -2.00. The second-order valence-corrected chi connectivity index (χ2v) is 2.06. The van der Waals surface area contributed by atoms with E-state index in [0.717, 1.165) is 0 Å². The lowest BCUT2D eigenvalue weighted by atomic mass is 10.2. The van der Waals surface area contributed by atoms with Crippen molar-refractivity contribution in [3.63, 3.8) is 0 Å². The van der Waals surface area contributed by atoms with Gasteiger partial charge in [-0.2, -0.15) is 0 Å². The Bertz CT molecular complexity index is 202. The molecular weight excluding hydrogens is 142 g/mol. The molecule has 0 heterocycles. The predicted molar refractivity (Wildman–Crippen MR) is 45.4 cm³/mol. The summed E-state index contributed by atoms with van der Waals surface area (Å²) in [5, 5.41) is 2.46. The number of hydrogen-bond donors (Lipinski definition) is 2. The molecule has 4 heteroatoms. The molecule has 0 aromatic heterocycles. The molecule has 0 fully saturated rings. The topological polar surface area (TPSA) is 67.5 Å². The molecule has 62 valence electrons. The maximum Gasteiger partial charge on any atom is 0.254 e. The number of allylic oxidation sites excluding steroid dienone is 1. The van der Waals surface area contributed by atoms with E-state index in [9.17, 15) is 4.79 Å². The van der Waals surface area contributed by atoms with Crippen LogP contribution >= 0.6 is 0 Å². The summed E-state index contributed by atoms with van der Waals surface area (Å²) in [6.45, 7) is 1.66. The molecule has 0 aliphatic carbocycles. The Kier molecular flexibility index (Phi) is 3.95. The molecule has 1 amide bonds. The van der Waals surface area contributed by atoms with Crippen LogP contribution in [0.4, 0.5) is 0 Å². The Labute approximate surface area is 66.2 Å². The minimum absolute atomic E-state index is 0.212. The van der Waals surface area contributed by atoms with E-state index in [1.165, 1.54) is 6.21 Å². The van der Waals surface area contributed by atoms with Gasteiger partial charge < -0.3 is 11.1 Å². The van der Waals surface area contributed by atoms with Crippen molar-refractivity contribution in [1.82, 2.24) is 5.32 Å². The van der Waals surface area contributed by atoms with Gasteiger partial charge in [0.25, 0.3) is 5.91 Å². The van der Waals surface area contributed by atoms with Gasteiger partial charge in [-0.15, -0.1) is 0 Å². The van der Waals surface area contributed by atoms with Crippen molar-refractivity contribution in [3.8, 4) is 0 Å². The molecule has 0 saturated heterocycles. The summed E-state index contributed by atoms with van der Waals surface area (Å²) < 4.78 is 0. The van der Waals surface area contributed by atoms with Crippen molar-refractivity contribution >= 4 is 12.1 Å². The third-order valence-electron chi connectivity index (χ3n) is 1.15. The van der Waals surface area contributed by atoms with Crippen LogP contribution in [0, 0.1) is 0 Å². The highest BCUT2D eigenvalue weighted by Gasteiger charge is 2.05. The van der Waals surface area contributed by atoms with Crippen LogP contribution in [-0.4, -0.2) is 26.2 Å². The Morgan fingerprint density at radius 1 is 1.64 bits per heavy atom. The normalized spacial score (nSPS) is 13.0. The molecule has 11 heavy (non-hydrogen) atoms. The first kappa shape index (κ1) is 9.68. The van der Waals surface area contributed by atoms with Crippen LogP contribution < -0.4 is 11.1 Å². The molecule has 0 unspecified atom stereocenters. The molecule has 0 aliphatic rings. The van der Waals surface area contributed by atoms with Crippen LogP contribution in [-0.2, 0) is 4.79 Å². The zero-order chi connectivity index (χ0) is 8.85. The van der Waals surface area contributed by atoms with Gasteiger partial charge in [0.15, 0.2) is 0 Å². The van der Waals surface area contributed by atoms with Crippen LogP contribution in [0.2, 0.25) is 0 Å². The number of aliphatic imine (C=N–C) groups is 1. The van der Waals surface area contributed by atoms with Crippen LogP contribution in [0.3, 0.4) is 0 Å². The summed E-state index contributed by atoms with van der Waals surface area (Å²) in [6, 6.07) is 0. The zero-order valence-electron chi connectivity index (χ0n) is 7.01. The van der Waals surface area contributed by atoms with Crippen molar-refractivity contribution in [2.24, 2.45) is 10.7 Å². The monoisotopic (exact) mass is 155 g/mol. The number of carbonyl (C=O) groups excluding carboxylic acids is 1. The summed E-state index contributed by atoms with van der Waals surface area (Å²) in [7, 11) is 3.14. The van der Waals surface area contributed by atoms with E-state index in [1.54, 1.807) is 21.0 Å². The van der Waals surface area contributed by atoms with Gasteiger partial charge in [0, 0.05) is 26.0 Å². The Balaban J connectivity index is 4.63. The molecule has 0 spiro atoms. The lowest BCUT2D eigenvalue weighted by molar-refractivity contribution is -0.116. The lowest BCUT2D eigenvalue weighted by Crippen LogP contribution is -2.23. The average Bonchev–Trinajstić information content (AvgIpc) is 1.98. The fourth-order valence-electron chi connectivity index (χ4n) is 0.603. The minimum Gasteiger partial charge on any atom is -0.402 e. The second kappa shape index (κ2) is 4.49. The van der Waals surface area contributed by atoms with Gasteiger partial charge in [-0.25, -0.2) is 0 Å². The van der Waals surface area contributed by atoms with E-state index in [-0.39, 0.29) is 5.91 Å². The number of rotatable bonds is 2. The number of nitrogens with one attached hydrogen (secondary N) is 1. The maximum atomic E-state index is 11.0. The fraction of sp³-hybridized carbons (Fsp3) is 0.429. The number of amides is 1. The van der Waals surface area contributed by atoms with Gasteiger partial charge >= 0.3 is 0 Å². The summed E-state index contributed by atoms with van der Waals surface area (Å²) in [5.41, 5.74) is 6.31. The smallest absolute Gasteiger partial charge is 0.254 e. The Hall–Kier alpha value is -1.32. The number of carbonyl (C=O) groups is 1. The largest absolute Gasteiger partial charge is 0.402 e. The highest BCUT2D eigenvalue weighted by Crippen LogP contribution is 1.94. The van der Waals surface area contributed by atoms with Gasteiger partial charge in [0.05, 0.1) is 5.57 Å². The molecule has 0 saturated carbocycles. The molecule has 3 N–H and O–H groups in total. The highest BCUT2D eigenvalue weighted by molar-refractivity contribution is 6.12. The van der Waals surface area contributed by atoms with Crippen molar-refractivity contribution in [1.29, 1.82) is 0 Å². The van der Waals surface area contributed by atoms with Gasteiger partial charge in [-0.1, -0.05) is 0 Å². The molecular formula is C7H13N3O. The summed E-state index contributed by atoms with van der Waals surface area (Å²) in [4.78, 5) is 14.7. The first-order chi connectivity index (χ1) is 5.13. The van der Waals surface area contributed by atoms with Gasteiger partial charge in [0.2, 0.25) is 0 Å². The van der Waals surface area contributed by atoms with Crippen LogP contribution in [0.5, 0.6) is 0 Å². The fourth-order valence-corrected chi connectivity index (χ4v) is 0.603. The Morgan fingerprint density at radius 3 is 2.45 bits per heavy atom. The highest BCUT2D eigenvalue weighted by atomic mass is 16.1. The number of nitrogens with two attached hydrogens (primary N) is 1. The number of likely N-dealkylation sites (N-methyl/N-ethyl adjacent to an activating group) is 1. The van der Waals surface area contributed by atoms with Crippen molar-refractivity contribution in [2.75, 3.05) is 14.1 Å². The predicted octanol–water partition coefficient (Wildman–Crippen LogP) is -0.334. The second-order valence-electron chi connectivity index (χ2n) is 2.06. The third kappa shape index (κ3) is 2.84. The van der Waals surface area contributed by atoms with Gasteiger partial charge in [0.1, 0.15) is 0 Å². The van der Waals surface area contributed by atoms with Gasteiger partial charge in [-0.05, 0) is 6.92 Å². The summed E-state index contributed by atoms with van der Waals surface area (Å²) >= 11 is 0. The van der Waals surface area contributed by atoms with E-state index >= 15 is 0 Å². The summed E-state index contributed by atoms with van der Waals surface area (Å²) in [6.07, 6.45) is 1.44. The quantitative estimate of drug-likeness (QED) is 0.423. The third-order valence-corrected chi connectivity index (χ3v) is 1.15. The molecule has 0 aliphatic heterocycles. The standard InChI is InChI=1S/C7H13N3O/c1-5(8)6(4-9-2)7(11)10-3/h4H,8H2,1-3H3,(H,10,11). The van der Waals surface area contributed by atoms with E-state index < -0.39 is 0 Å². The molecule has 0 radical (unpaired) electrons. The van der Waals surface area contributed by atoms with E-state index in [4.69, 9.17) is 5.73 Å². The molecule has 0 atom stereocenters. The average molecular weight is 155 g/mol. The van der Waals surface area contributed by atoms with Crippen molar-refractivity contribution < 1.29 is 4.79 Å². The molecule has 4 nitrogen and oxygen atoms in total. The zero-order valence-corrected chi connectivity index (χ0v) is 7.01. The van der Waals surface area contributed by atoms with Crippen LogP contribution in [0.25, 0.3) is 0 Å². The molecule has 0 bridgehead atoms. The molecule has 0 aromatic rings. The Morgan fingerprint density at radius 2 is 2.18 bits per heavy atom.